The first-order chi connectivity index (χ1) is 8.38. The van der Waals surface area contributed by atoms with Crippen molar-refractivity contribution in [1.82, 2.24) is 4.98 Å². The Labute approximate surface area is 102 Å². The van der Waals surface area contributed by atoms with Gasteiger partial charge in [-0.1, -0.05) is 0 Å². The Morgan fingerprint density at radius 2 is 2.24 bits per heavy atom. The normalized spacial score (nSPS) is 17.2. The molecule has 94 valence electrons. The molecule has 2 N–H and O–H groups in total. The number of rotatable bonds is 5. The average molecular weight is 236 g/mol. The fourth-order valence-electron chi connectivity index (χ4n) is 1.99. The van der Waals surface area contributed by atoms with Crippen LogP contribution in [0.2, 0.25) is 0 Å². The molecular weight excluding hydrogens is 216 g/mol. The second-order valence-electron chi connectivity index (χ2n) is 4.43. The van der Waals surface area contributed by atoms with Crippen molar-refractivity contribution in [3.63, 3.8) is 0 Å². The summed E-state index contributed by atoms with van der Waals surface area (Å²) in [5.41, 5.74) is 7.61. The number of nitrogens with two attached hydrogens (primary N) is 1. The molecule has 0 aromatic carbocycles. The van der Waals surface area contributed by atoms with Gasteiger partial charge in [0.2, 0.25) is 0 Å². The van der Waals surface area contributed by atoms with Crippen LogP contribution in [0.4, 0.5) is 0 Å². The summed E-state index contributed by atoms with van der Waals surface area (Å²) in [6.07, 6.45) is 4.02. The Kier molecular flexibility index (Phi) is 4.91. The van der Waals surface area contributed by atoms with E-state index in [9.17, 15) is 0 Å². The zero-order chi connectivity index (χ0) is 11.9. The minimum Gasteiger partial charge on any atom is -0.381 e. The molecule has 1 fully saturated rings. The molecule has 1 aliphatic heterocycles. The summed E-state index contributed by atoms with van der Waals surface area (Å²) in [7, 11) is 0. The van der Waals surface area contributed by atoms with Crippen molar-refractivity contribution in [2.45, 2.75) is 26.0 Å². The van der Waals surface area contributed by atoms with Crippen molar-refractivity contribution in [2.24, 2.45) is 11.7 Å². The fourth-order valence-corrected chi connectivity index (χ4v) is 1.99. The summed E-state index contributed by atoms with van der Waals surface area (Å²) >= 11 is 0. The summed E-state index contributed by atoms with van der Waals surface area (Å²) in [4.78, 5) is 4.16. The van der Waals surface area contributed by atoms with E-state index < -0.39 is 0 Å². The lowest BCUT2D eigenvalue weighted by Crippen LogP contribution is -2.20. The molecule has 0 spiro atoms. The van der Waals surface area contributed by atoms with Gasteiger partial charge < -0.3 is 15.2 Å². The minimum absolute atomic E-state index is 0.480. The average Bonchev–Trinajstić information content (AvgIpc) is 2.40. The SMILES string of the molecule is NCc1cc(COCC2CCOCC2)ccn1. The highest BCUT2D eigenvalue weighted by Gasteiger charge is 2.13. The third kappa shape index (κ3) is 4.07. The van der Waals surface area contributed by atoms with E-state index in [-0.39, 0.29) is 0 Å². The van der Waals surface area contributed by atoms with Gasteiger partial charge in [0.25, 0.3) is 0 Å². The highest BCUT2D eigenvalue weighted by atomic mass is 16.5. The number of aromatic nitrogens is 1. The van der Waals surface area contributed by atoms with E-state index in [1.54, 1.807) is 6.20 Å². The molecule has 2 rings (SSSR count). The first kappa shape index (κ1) is 12.5. The second-order valence-corrected chi connectivity index (χ2v) is 4.43. The largest absolute Gasteiger partial charge is 0.381 e. The van der Waals surface area contributed by atoms with Gasteiger partial charge in [0.05, 0.1) is 18.9 Å². The maximum absolute atomic E-state index is 5.73. The maximum atomic E-state index is 5.73. The van der Waals surface area contributed by atoms with E-state index in [1.165, 1.54) is 0 Å². The van der Waals surface area contributed by atoms with Gasteiger partial charge in [-0.2, -0.15) is 0 Å². The van der Waals surface area contributed by atoms with Crippen LogP contribution in [0, 0.1) is 5.92 Å². The summed E-state index contributed by atoms with van der Waals surface area (Å²) in [6.45, 7) is 3.70. The maximum Gasteiger partial charge on any atom is 0.0718 e. The summed E-state index contributed by atoms with van der Waals surface area (Å²) in [5.74, 6) is 0.652. The quantitative estimate of drug-likeness (QED) is 0.841. The monoisotopic (exact) mass is 236 g/mol. The van der Waals surface area contributed by atoms with E-state index >= 15 is 0 Å². The zero-order valence-corrected chi connectivity index (χ0v) is 10.1. The molecule has 1 aliphatic rings. The van der Waals surface area contributed by atoms with E-state index in [0.717, 1.165) is 43.9 Å². The minimum atomic E-state index is 0.480. The molecular formula is C13H20N2O2. The molecule has 0 atom stereocenters. The lowest BCUT2D eigenvalue weighted by molar-refractivity contribution is 0.0157. The fraction of sp³-hybridized carbons (Fsp3) is 0.615. The van der Waals surface area contributed by atoms with Crippen LogP contribution in [0.15, 0.2) is 18.3 Å². The number of hydrogen-bond donors (Lipinski definition) is 1. The first-order valence-electron chi connectivity index (χ1n) is 6.18. The van der Waals surface area contributed by atoms with Crippen LogP contribution >= 0.6 is 0 Å². The number of nitrogens with zero attached hydrogens (tertiary/aromatic N) is 1. The van der Waals surface area contributed by atoms with Gasteiger partial charge in [-0.05, 0) is 36.5 Å². The Morgan fingerprint density at radius 1 is 1.41 bits per heavy atom. The van der Waals surface area contributed by atoms with Gasteiger partial charge in [0.1, 0.15) is 0 Å². The van der Waals surface area contributed by atoms with Crippen molar-refractivity contribution in [3.8, 4) is 0 Å². The van der Waals surface area contributed by atoms with Gasteiger partial charge in [-0.15, -0.1) is 0 Å². The van der Waals surface area contributed by atoms with Crippen molar-refractivity contribution in [2.75, 3.05) is 19.8 Å². The molecule has 0 aliphatic carbocycles. The lowest BCUT2D eigenvalue weighted by Gasteiger charge is -2.21. The third-order valence-electron chi connectivity index (χ3n) is 3.05. The molecule has 0 amide bonds. The highest BCUT2D eigenvalue weighted by molar-refractivity contribution is 5.15. The standard InChI is InChI=1S/C13H20N2O2/c14-8-13-7-12(1-4-15-13)10-17-9-11-2-5-16-6-3-11/h1,4,7,11H,2-3,5-6,8-10,14H2. The molecule has 1 aromatic heterocycles. The van der Waals surface area contributed by atoms with Gasteiger partial charge in [-0.3, -0.25) is 4.98 Å². The van der Waals surface area contributed by atoms with Crippen molar-refractivity contribution in [3.05, 3.63) is 29.6 Å². The van der Waals surface area contributed by atoms with E-state index in [4.69, 9.17) is 15.2 Å². The molecule has 0 saturated carbocycles. The smallest absolute Gasteiger partial charge is 0.0718 e. The van der Waals surface area contributed by atoms with Crippen LogP contribution in [0.5, 0.6) is 0 Å². The molecule has 1 aromatic rings. The second kappa shape index (κ2) is 6.69. The zero-order valence-electron chi connectivity index (χ0n) is 10.1. The molecule has 17 heavy (non-hydrogen) atoms. The van der Waals surface area contributed by atoms with Crippen LogP contribution in [0.3, 0.4) is 0 Å². The van der Waals surface area contributed by atoms with E-state index in [2.05, 4.69) is 4.98 Å². The third-order valence-corrected chi connectivity index (χ3v) is 3.05. The molecule has 1 saturated heterocycles. The van der Waals surface area contributed by atoms with Gasteiger partial charge in [0, 0.05) is 26.0 Å². The van der Waals surface area contributed by atoms with Gasteiger partial charge >= 0.3 is 0 Å². The molecule has 2 heterocycles. The molecule has 0 radical (unpaired) electrons. The molecule has 0 unspecified atom stereocenters. The highest BCUT2D eigenvalue weighted by Crippen LogP contribution is 2.15. The lowest BCUT2D eigenvalue weighted by atomic mass is 10.0. The van der Waals surface area contributed by atoms with Crippen LogP contribution < -0.4 is 5.73 Å². The van der Waals surface area contributed by atoms with Gasteiger partial charge in [0.15, 0.2) is 0 Å². The number of hydrogen-bond acceptors (Lipinski definition) is 4. The molecule has 4 nitrogen and oxygen atoms in total. The summed E-state index contributed by atoms with van der Waals surface area (Å²) in [6, 6.07) is 3.98. The van der Waals surface area contributed by atoms with Crippen LogP contribution in [0.25, 0.3) is 0 Å². The first-order valence-corrected chi connectivity index (χ1v) is 6.18. The summed E-state index contributed by atoms with van der Waals surface area (Å²) in [5, 5.41) is 0. The predicted octanol–water partition coefficient (Wildman–Crippen LogP) is 1.48. The van der Waals surface area contributed by atoms with Gasteiger partial charge in [-0.25, -0.2) is 0 Å². The van der Waals surface area contributed by atoms with Crippen LogP contribution in [0.1, 0.15) is 24.1 Å². The molecule has 0 bridgehead atoms. The number of pyridine rings is 1. The van der Waals surface area contributed by atoms with Crippen molar-refractivity contribution in [1.29, 1.82) is 0 Å². The van der Waals surface area contributed by atoms with Crippen molar-refractivity contribution < 1.29 is 9.47 Å². The Bertz CT molecular complexity index is 338. The summed E-state index contributed by atoms with van der Waals surface area (Å²) < 4.78 is 11.1. The van der Waals surface area contributed by atoms with Crippen LogP contribution in [-0.4, -0.2) is 24.8 Å². The topological polar surface area (TPSA) is 57.4 Å². The Balaban J connectivity index is 1.73. The number of ether oxygens (including phenoxy) is 2. The Morgan fingerprint density at radius 3 is 3.00 bits per heavy atom. The van der Waals surface area contributed by atoms with E-state index in [0.29, 0.717) is 19.1 Å². The predicted molar refractivity (Wildman–Crippen MR) is 65.3 cm³/mol. The van der Waals surface area contributed by atoms with Crippen molar-refractivity contribution >= 4 is 0 Å². The van der Waals surface area contributed by atoms with Crippen LogP contribution in [-0.2, 0) is 22.6 Å². The van der Waals surface area contributed by atoms with E-state index in [1.807, 2.05) is 12.1 Å². The Hall–Kier alpha value is -0.970. The molecule has 4 heteroatoms.